The lowest BCUT2D eigenvalue weighted by atomic mass is 10.0. The van der Waals surface area contributed by atoms with Gasteiger partial charge in [-0.2, -0.15) is 0 Å². The highest BCUT2D eigenvalue weighted by Gasteiger charge is 2.22. The van der Waals surface area contributed by atoms with Gasteiger partial charge in [-0.15, -0.1) is 0 Å². The number of hydrogen-bond donors (Lipinski definition) is 0. The van der Waals surface area contributed by atoms with Crippen LogP contribution in [-0.4, -0.2) is 10.9 Å². The third kappa shape index (κ3) is 4.10. The Morgan fingerprint density at radius 1 is 1.10 bits per heavy atom. The summed E-state index contributed by atoms with van der Waals surface area (Å²) in [6, 6.07) is 16.1. The predicted molar refractivity (Wildman–Crippen MR) is 119 cm³/mol. The van der Waals surface area contributed by atoms with Crippen molar-refractivity contribution in [2.45, 2.75) is 40.2 Å². The van der Waals surface area contributed by atoms with Gasteiger partial charge < -0.3 is 4.42 Å². The first-order chi connectivity index (χ1) is 14.0. The number of fused-ring (bicyclic) bond motifs is 1. The number of benzene rings is 2. The van der Waals surface area contributed by atoms with Crippen LogP contribution in [0, 0.1) is 13.8 Å². The Labute approximate surface area is 174 Å². The van der Waals surface area contributed by atoms with E-state index in [4.69, 9.17) is 9.40 Å². The van der Waals surface area contributed by atoms with Gasteiger partial charge in [0, 0.05) is 0 Å². The number of furan rings is 1. The van der Waals surface area contributed by atoms with Crippen molar-refractivity contribution in [1.82, 2.24) is 4.98 Å². The molecule has 4 nitrogen and oxygen atoms in total. The molecule has 0 aliphatic carbocycles. The number of anilines is 1. The average Bonchev–Trinajstić information content (AvgIpc) is 3.37. The van der Waals surface area contributed by atoms with E-state index < -0.39 is 0 Å². The van der Waals surface area contributed by atoms with Crippen LogP contribution in [0.4, 0.5) is 5.13 Å². The molecule has 1 amide bonds. The van der Waals surface area contributed by atoms with Crippen molar-refractivity contribution >= 4 is 32.6 Å². The molecule has 0 unspecified atom stereocenters. The number of nitrogens with zero attached hydrogens (tertiary/aromatic N) is 2. The lowest BCUT2D eigenvalue weighted by Gasteiger charge is -2.19. The molecule has 0 fully saturated rings. The van der Waals surface area contributed by atoms with Gasteiger partial charge in [0.15, 0.2) is 5.13 Å². The molecule has 0 atom stereocenters. The Hall–Kier alpha value is -2.92. The van der Waals surface area contributed by atoms with Gasteiger partial charge >= 0.3 is 0 Å². The van der Waals surface area contributed by atoms with Crippen LogP contribution in [0.3, 0.4) is 0 Å². The first kappa shape index (κ1) is 19.4. The van der Waals surface area contributed by atoms with E-state index in [1.165, 1.54) is 16.7 Å². The van der Waals surface area contributed by atoms with Crippen molar-refractivity contribution in [1.29, 1.82) is 0 Å². The third-order valence-electron chi connectivity index (χ3n) is 5.22. The summed E-state index contributed by atoms with van der Waals surface area (Å²) in [5.74, 6) is 0.759. The predicted octanol–water partition coefficient (Wildman–Crippen LogP) is 5.84. The van der Waals surface area contributed by atoms with Gasteiger partial charge in [0.05, 0.1) is 29.4 Å². The molecule has 0 spiro atoms. The highest BCUT2D eigenvalue weighted by Crippen LogP contribution is 2.32. The van der Waals surface area contributed by atoms with Crippen LogP contribution in [0.25, 0.3) is 10.2 Å². The second-order valence-electron chi connectivity index (χ2n) is 7.27. The maximum Gasteiger partial charge on any atom is 0.233 e. The monoisotopic (exact) mass is 404 g/mol. The Bertz CT molecular complexity index is 1150. The molecule has 0 N–H and O–H groups in total. The zero-order valence-electron chi connectivity index (χ0n) is 16.9. The standard InChI is InChI=1S/C24H24N2O2S/c1-4-19-7-5-9-21-23(19)25-24(29-21)26(15-20-8-6-12-28-20)22(27)14-18-11-10-16(2)17(3)13-18/h5-13H,4,14-15H2,1-3H3. The van der Waals surface area contributed by atoms with E-state index in [2.05, 4.69) is 51.1 Å². The van der Waals surface area contributed by atoms with Gasteiger partial charge in [-0.1, -0.05) is 48.6 Å². The smallest absolute Gasteiger partial charge is 0.233 e. The molecule has 4 aromatic rings. The van der Waals surface area contributed by atoms with Crippen LogP contribution in [-0.2, 0) is 24.2 Å². The molecule has 0 aliphatic rings. The van der Waals surface area contributed by atoms with E-state index in [1.54, 1.807) is 22.5 Å². The number of aromatic nitrogens is 1. The highest BCUT2D eigenvalue weighted by atomic mass is 32.1. The van der Waals surface area contributed by atoms with Crippen molar-refractivity contribution in [3.63, 3.8) is 0 Å². The number of carbonyl (C=O) groups is 1. The van der Waals surface area contributed by atoms with Crippen molar-refractivity contribution < 1.29 is 9.21 Å². The summed E-state index contributed by atoms with van der Waals surface area (Å²) >= 11 is 1.55. The van der Waals surface area contributed by atoms with Crippen LogP contribution in [0.2, 0.25) is 0 Å². The van der Waals surface area contributed by atoms with Crippen molar-refractivity contribution in [2.24, 2.45) is 0 Å². The van der Waals surface area contributed by atoms with Gasteiger partial charge in [0.25, 0.3) is 0 Å². The summed E-state index contributed by atoms with van der Waals surface area (Å²) in [6.45, 7) is 6.65. The Morgan fingerprint density at radius 2 is 1.97 bits per heavy atom. The van der Waals surface area contributed by atoms with Gasteiger partial charge in [-0.25, -0.2) is 4.98 Å². The molecule has 0 aliphatic heterocycles. The van der Waals surface area contributed by atoms with Gasteiger partial charge in [0.2, 0.25) is 5.91 Å². The molecule has 0 saturated heterocycles. The molecule has 29 heavy (non-hydrogen) atoms. The summed E-state index contributed by atoms with van der Waals surface area (Å²) < 4.78 is 6.62. The first-order valence-electron chi connectivity index (χ1n) is 9.82. The minimum atomic E-state index is 0.0155. The number of para-hydroxylation sites is 1. The van der Waals surface area contributed by atoms with Crippen molar-refractivity contribution in [2.75, 3.05) is 4.90 Å². The van der Waals surface area contributed by atoms with E-state index in [9.17, 15) is 4.79 Å². The SMILES string of the molecule is CCc1cccc2sc(N(Cc3ccco3)C(=O)Cc3ccc(C)c(C)c3)nc12. The molecule has 2 aromatic carbocycles. The first-order valence-corrected chi connectivity index (χ1v) is 10.6. The molecule has 148 valence electrons. The summed E-state index contributed by atoms with van der Waals surface area (Å²) in [5, 5.41) is 0.714. The van der Waals surface area contributed by atoms with Crippen molar-refractivity contribution in [3.8, 4) is 0 Å². The second-order valence-corrected chi connectivity index (χ2v) is 8.28. The fourth-order valence-electron chi connectivity index (χ4n) is 3.40. The lowest BCUT2D eigenvalue weighted by Crippen LogP contribution is -2.31. The van der Waals surface area contributed by atoms with Gasteiger partial charge in [0.1, 0.15) is 5.76 Å². The molecule has 2 aromatic heterocycles. The minimum Gasteiger partial charge on any atom is -0.467 e. The second kappa shape index (κ2) is 8.21. The largest absolute Gasteiger partial charge is 0.467 e. The van der Waals surface area contributed by atoms with E-state index in [0.29, 0.717) is 18.1 Å². The molecule has 0 radical (unpaired) electrons. The number of aryl methyl sites for hydroxylation is 3. The van der Waals surface area contributed by atoms with Crippen LogP contribution in [0.5, 0.6) is 0 Å². The number of carbonyl (C=O) groups excluding carboxylic acids is 1. The van der Waals surface area contributed by atoms with Crippen molar-refractivity contribution in [3.05, 3.63) is 82.8 Å². The molecule has 2 heterocycles. The maximum absolute atomic E-state index is 13.3. The fraction of sp³-hybridized carbons (Fsp3) is 0.250. The number of thiazole rings is 1. The van der Waals surface area contributed by atoms with E-state index in [0.717, 1.165) is 28.0 Å². The molecule has 0 saturated carbocycles. The highest BCUT2D eigenvalue weighted by molar-refractivity contribution is 7.22. The lowest BCUT2D eigenvalue weighted by molar-refractivity contribution is -0.118. The van der Waals surface area contributed by atoms with Gasteiger partial charge in [-0.3, -0.25) is 9.69 Å². The third-order valence-corrected chi connectivity index (χ3v) is 6.27. The number of rotatable bonds is 6. The zero-order valence-corrected chi connectivity index (χ0v) is 17.8. The molecule has 0 bridgehead atoms. The zero-order chi connectivity index (χ0) is 20.4. The van der Waals surface area contributed by atoms with Crippen LogP contribution >= 0.6 is 11.3 Å². The summed E-state index contributed by atoms with van der Waals surface area (Å²) in [5.41, 5.74) is 5.62. The van der Waals surface area contributed by atoms with E-state index in [-0.39, 0.29) is 5.91 Å². The molecule has 4 rings (SSSR count). The topological polar surface area (TPSA) is 46.3 Å². The molecule has 5 heteroatoms. The number of amides is 1. The van der Waals surface area contributed by atoms with E-state index >= 15 is 0 Å². The van der Waals surface area contributed by atoms with Crippen LogP contribution < -0.4 is 4.90 Å². The summed E-state index contributed by atoms with van der Waals surface area (Å²) in [6.07, 6.45) is 2.88. The Kier molecular flexibility index (Phi) is 5.49. The maximum atomic E-state index is 13.3. The number of hydrogen-bond acceptors (Lipinski definition) is 4. The fourth-order valence-corrected chi connectivity index (χ4v) is 4.43. The summed E-state index contributed by atoms with van der Waals surface area (Å²) in [4.78, 5) is 19.9. The Balaban J connectivity index is 1.69. The molecular weight excluding hydrogens is 380 g/mol. The minimum absolute atomic E-state index is 0.0155. The molecular formula is C24H24N2O2S. The van der Waals surface area contributed by atoms with Crippen LogP contribution in [0.1, 0.15) is 34.9 Å². The van der Waals surface area contributed by atoms with E-state index in [1.807, 2.05) is 18.2 Å². The summed E-state index contributed by atoms with van der Waals surface area (Å²) in [7, 11) is 0. The normalized spacial score (nSPS) is 11.1. The Morgan fingerprint density at radius 3 is 2.69 bits per heavy atom. The van der Waals surface area contributed by atoms with Gasteiger partial charge in [-0.05, 0) is 60.7 Å². The quantitative estimate of drug-likeness (QED) is 0.405. The van der Waals surface area contributed by atoms with Crippen LogP contribution in [0.15, 0.2) is 59.2 Å². The average molecular weight is 405 g/mol.